The summed E-state index contributed by atoms with van der Waals surface area (Å²) in [6, 6.07) is 10.2. The Morgan fingerprint density at radius 2 is 2.07 bits per heavy atom. The predicted octanol–water partition coefficient (Wildman–Crippen LogP) is 2.73. The fourth-order valence-electron chi connectivity index (χ4n) is 2.70. The summed E-state index contributed by atoms with van der Waals surface area (Å²) in [5, 5.41) is 1.98. The molecule has 27 heavy (non-hydrogen) atoms. The van der Waals surface area contributed by atoms with Crippen LogP contribution in [-0.2, 0) is 23.6 Å². The van der Waals surface area contributed by atoms with Gasteiger partial charge in [0.15, 0.2) is 5.58 Å². The third-order valence-corrected chi connectivity index (χ3v) is 6.46. The van der Waals surface area contributed by atoms with Gasteiger partial charge in [-0.2, -0.15) is 0 Å². The van der Waals surface area contributed by atoms with Gasteiger partial charge in [-0.3, -0.25) is 9.55 Å². The molecule has 1 N–H and O–H groups in total. The van der Waals surface area contributed by atoms with Crippen LogP contribution >= 0.6 is 11.3 Å². The van der Waals surface area contributed by atoms with Crippen molar-refractivity contribution in [3.05, 3.63) is 70.3 Å². The molecule has 0 aliphatic rings. The Balaban J connectivity index is 1.58. The Morgan fingerprint density at radius 1 is 1.22 bits per heavy atom. The predicted molar refractivity (Wildman–Crippen MR) is 103 cm³/mol. The zero-order valence-electron chi connectivity index (χ0n) is 14.2. The second kappa shape index (κ2) is 6.76. The smallest absolute Gasteiger partial charge is 0.408 e. The van der Waals surface area contributed by atoms with E-state index in [1.165, 1.54) is 29.8 Å². The second-order valence-corrected chi connectivity index (χ2v) is 8.65. The summed E-state index contributed by atoms with van der Waals surface area (Å²) < 4.78 is 34.1. The lowest BCUT2D eigenvalue weighted by molar-refractivity contribution is 0.528. The van der Waals surface area contributed by atoms with Crippen LogP contribution in [0, 0.1) is 0 Å². The van der Waals surface area contributed by atoms with Crippen molar-refractivity contribution in [3.8, 4) is 10.4 Å². The number of rotatable bonds is 5. The number of thiophene rings is 1. The van der Waals surface area contributed by atoms with Crippen molar-refractivity contribution in [2.24, 2.45) is 7.05 Å². The number of fused-ring (bicyclic) bond motifs is 1. The highest BCUT2D eigenvalue weighted by molar-refractivity contribution is 7.89. The van der Waals surface area contributed by atoms with Gasteiger partial charge in [-0.25, -0.2) is 17.9 Å². The van der Waals surface area contributed by atoms with Crippen molar-refractivity contribution in [1.29, 1.82) is 0 Å². The number of nitrogens with zero attached hydrogens (tertiary/aromatic N) is 2. The van der Waals surface area contributed by atoms with Crippen molar-refractivity contribution in [3.63, 3.8) is 0 Å². The number of hydrogen-bond donors (Lipinski definition) is 1. The summed E-state index contributed by atoms with van der Waals surface area (Å²) in [5.41, 5.74) is 2.45. The lowest BCUT2D eigenvalue weighted by atomic mass is 10.2. The molecule has 0 aliphatic heterocycles. The molecule has 0 unspecified atom stereocenters. The van der Waals surface area contributed by atoms with Gasteiger partial charge in [-0.15, -0.1) is 11.3 Å². The van der Waals surface area contributed by atoms with E-state index in [1.54, 1.807) is 23.7 Å². The Morgan fingerprint density at radius 3 is 2.85 bits per heavy atom. The topological polar surface area (TPSA) is 94.2 Å². The average Bonchev–Trinajstić information content (AvgIpc) is 3.29. The molecule has 9 heteroatoms. The van der Waals surface area contributed by atoms with Crippen molar-refractivity contribution in [2.75, 3.05) is 0 Å². The fraction of sp³-hybridized carbons (Fsp3) is 0.111. The van der Waals surface area contributed by atoms with Crippen LogP contribution in [0.2, 0.25) is 0 Å². The van der Waals surface area contributed by atoms with Crippen molar-refractivity contribution >= 4 is 32.5 Å². The summed E-state index contributed by atoms with van der Waals surface area (Å²) >= 11 is 1.59. The quantitative estimate of drug-likeness (QED) is 0.555. The van der Waals surface area contributed by atoms with Crippen LogP contribution in [0.15, 0.2) is 68.3 Å². The summed E-state index contributed by atoms with van der Waals surface area (Å²) in [5.74, 6) is -0.538. The first-order valence-electron chi connectivity index (χ1n) is 8.01. The van der Waals surface area contributed by atoms with Gasteiger partial charge < -0.3 is 4.42 Å². The average molecular weight is 401 g/mol. The fourth-order valence-corrected chi connectivity index (χ4v) is 4.44. The van der Waals surface area contributed by atoms with E-state index < -0.39 is 15.8 Å². The van der Waals surface area contributed by atoms with Crippen LogP contribution in [0.1, 0.15) is 5.56 Å². The monoisotopic (exact) mass is 401 g/mol. The van der Waals surface area contributed by atoms with Crippen molar-refractivity contribution in [2.45, 2.75) is 11.4 Å². The van der Waals surface area contributed by atoms with E-state index in [4.69, 9.17) is 4.42 Å². The molecule has 0 fully saturated rings. The van der Waals surface area contributed by atoms with E-state index in [0.717, 1.165) is 16.0 Å². The van der Waals surface area contributed by atoms with Gasteiger partial charge >= 0.3 is 5.76 Å². The maximum absolute atomic E-state index is 12.6. The Labute approximate surface area is 159 Å². The molecule has 4 aromatic rings. The summed E-state index contributed by atoms with van der Waals surface area (Å²) in [6.45, 7) is 0.108. The number of nitrogens with one attached hydrogen (secondary N) is 1. The summed E-state index contributed by atoms with van der Waals surface area (Å²) in [4.78, 5) is 16.9. The Kier molecular flexibility index (Phi) is 4.42. The van der Waals surface area contributed by atoms with Gasteiger partial charge in [-0.05, 0) is 41.3 Å². The molecule has 1 aromatic carbocycles. The zero-order valence-corrected chi connectivity index (χ0v) is 15.9. The van der Waals surface area contributed by atoms with Crippen LogP contribution in [0.25, 0.3) is 21.5 Å². The molecule has 3 heterocycles. The number of oxazole rings is 1. The largest absolute Gasteiger partial charge is 0.419 e. The third kappa shape index (κ3) is 3.44. The molecule has 0 aliphatic carbocycles. The molecule has 0 atom stereocenters. The van der Waals surface area contributed by atoms with E-state index >= 15 is 0 Å². The molecule has 138 valence electrons. The van der Waals surface area contributed by atoms with Gasteiger partial charge in [0.05, 0.1) is 10.4 Å². The Bertz CT molecular complexity index is 1270. The normalized spacial score (nSPS) is 11.9. The van der Waals surface area contributed by atoms with Gasteiger partial charge in [0, 0.05) is 36.4 Å². The number of sulfonamides is 1. The van der Waals surface area contributed by atoms with E-state index in [9.17, 15) is 13.2 Å². The standard InChI is InChI=1S/C18H15N3O4S2/c1-21-15-8-14(4-5-16(15)25-18(21)22)27(23,24)20-10-12-7-13(11-19-9-12)17-3-2-6-26-17/h2-9,11,20H,10H2,1H3. The Hall–Kier alpha value is -2.75. The van der Waals surface area contributed by atoms with Gasteiger partial charge in [0.2, 0.25) is 10.0 Å². The van der Waals surface area contributed by atoms with E-state index in [2.05, 4.69) is 9.71 Å². The minimum atomic E-state index is -3.76. The molecule has 0 saturated carbocycles. The van der Waals surface area contributed by atoms with Crippen LogP contribution in [0.3, 0.4) is 0 Å². The molecule has 7 nitrogen and oxygen atoms in total. The highest BCUT2D eigenvalue weighted by atomic mass is 32.2. The van der Waals surface area contributed by atoms with Crippen LogP contribution < -0.4 is 10.5 Å². The first kappa shape index (κ1) is 17.7. The molecule has 0 radical (unpaired) electrons. The van der Waals surface area contributed by atoms with Crippen LogP contribution in [-0.4, -0.2) is 18.0 Å². The summed E-state index contributed by atoms with van der Waals surface area (Å²) in [6.07, 6.45) is 3.37. The minimum absolute atomic E-state index is 0.0637. The van der Waals surface area contributed by atoms with E-state index in [1.807, 2.05) is 23.6 Å². The lowest BCUT2D eigenvalue weighted by Crippen LogP contribution is -2.23. The number of hydrogen-bond acceptors (Lipinski definition) is 6. The molecular weight excluding hydrogens is 386 g/mol. The lowest BCUT2D eigenvalue weighted by Gasteiger charge is -2.08. The number of benzene rings is 1. The van der Waals surface area contributed by atoms with E-state index in [0.29, 0.717) is 11.1 Å². The minimum Gasteiger partial charge on any atom is -0.408 e. The highest BCUT2D eigenvalue weighted by Gasteiger charge is 2.17. The number of pyridine rings is 1. The van der Waals surface area contributed by atoms with Crippen LogP contribution in [0.4, 0.5) is 0 Å². The SMILES string of the molecule is Cn1c(=O)oc2ccc(S(=O)(=O)NCc3cncc(-c4cccs4)c3)cc21. The van der Waals surface area contributed by atoms with Gasteiger partial charge in [0.25, 0.3) is 0 Å². The maximum Gasteiger partial charge on any atom is 0.419 e. The first-order valence-corrected chi connectivity index (χ1v) is 10.4. The van der Waals surface area contributed by atoms with Crippen molar-refractivity contribution < 1.29 is 12.8 Å². The van der Waals surface area contributed by atoms with Gasteiger partial charge in [0.1, 0.15) is 0 Å². The molecule has 0 amide bonds. The summed E-state index contributed by atoms with van der Waals surface area (Å²) in [7, 11) is -2.23. The number of aryl methyl sites for hydroxylation is 1. The highest BCUT2D eigenvalue weighted by Crippen LogP contribution is 2.24. The first-order chi connectivity index (χ1) is 12.9. The molecule has 0 spiro atoms. The molecule has 0 saturated heterocycles. The second-order valence-electron chi connectivity index (χ2n) is 5.94. The molecular formula is C18H15N3O4S2. The number of aromatic nitrogens is 2. The molecule has 0 bridgehead atoms. The van der Waals surface area contributed by atoms with Crippen LogP contribution in [0.5, 0.6) is 0 Å². The maximum atomic E-state index is 12.6. The molecule has 3 aromatic heterocycles. The van der Waals surface area contributed by atoms with E-state index in [-0.39, 0.29) is 11.4 Å². The van der Waals surface area contributed by atoms with Crippen molar-refractivity contribution in [1.82, 2.24) is 14.3 Å². The third-order valence-electron chi connectivity index (χ3n) is 4.14. The zero-order chi connectivity index (χ0) is 19.0. The molecule has 4 rings (SSSR count). The van der Waals surface area contributed by atoms with Gasteiger partial charge in [-0.1, -0.05) is 6.07 Å².